The molecule has 0 fully saturated rings. The van der Waals surface area contributed by atoms with Gasteiger partial charge in [-0.2, -0.15) is 0 Å². The number of carboxylic acid groups (broad SMARTS) is 1. The maximum atomic E-state index is 10.5. The molecule has 1 unspecified atom stereocenters. The van der Waals surface area contributed by atoms with E-state index in [-0.39, 0.29) is 6.61 Å². The molecule has 0 saturated carbocycles. The number of hydrogen-bond acceptors (Lipinski definition) is 3. The first-order valence-electron chi connectivity index (χ1n) is 3.63. The van der Waals surface area contributed by atoms with Crippen molar-refractivity contribution in [2.45, 2.75) is 13.3 Å². The summed E-state index contributed by atoms with van der Waals surface area (Å²) in [6.07, 6.45) is 1.45. The van der Waals surface area contributed by atoms with Gasteiger partial charge in [0.25, 0.3) is 0 Å². The minimum Gasteiger partial charge on any atom is -0.481 e. The van der Waals surface area contributed by atoms with E-state index >= 15 is 0 Å². The highest BCUT2D eigenvalue weighted by molar-refractivity contribution is 5.81. The molecule has 0 saturated heterocycles. The molecule has 0 aromatic heterocycles. The summed E-state index contributed by atoms with van der Waals surface area (Å²) in [6.45, 7) is 4.82. The van der Waals surface area contributed by atoms with Crippen LogP contribution in [0.3, 0.4) is 0 Å². The van der Waals surface area contributed by atoms with Crippen LogP contribution in [0.4, 0.5) is 0 Å². The fourth-order valence-corrected chi connectivity index (χ4v) is 0.605. The number of carbonyl (C=O) groups is 2. The van der Waals surface area contributed by atoms with Crippen molar-refractivity contribution in [1.82, 2.24) is 0 Å². The van der Waals surface area contributed by atoms with Gasteiger partial charge in [0, 0.05) is 6.08 Å². The quantitative estimate of drug-likeness (QED) is 0.492. The first-order valence-corrected chi connectivity index (χ1v) is 3.63. The topological polar surface area (TPSA) is 63.6 Å². The second kappa shape index (κ2) is 5.35. The van der Waals surface area contributed by atoms with Crippen LogP contribution >= 0.6 is 0 Å². The van der Waals surface area contributed by atoms with Crippen LogP contribution in [0.25, 0.3) is 0 Å². The highest BCUT2D eigenvalue weighted by atomic mass is 16.5. The van der Waals surface area contributed by atoms with Crippen molar-refractivity contribution >= 4 is 11.9 Å². The Kier molecular flexibility index (Phi) is 4.76. The fraction of sp³-hybridized carbons (Fsp3) is 0.500. The highest BCUT2D eigenvalue weighted by Gasteiger charge is 2.16. The van der Waals surface area contributed by atoms with E-state index in [0.29, 0.717) is 6.42 Å². The molecule has 0 aromatic rings. The van der Waals surface area contributed by atoms with E-state index in [4.69, 9.17) is 5.11 Å². The zero-order valence-corrected chi connectivity index (χ0v) is 6.95. The largest absolute Gasteiger partial charge is 0.481 e. The summed E-state index contributed by atoms with van der Waals surface area (Å²) in [7, 11) is 0. The number of ether oxygens (including phenoxy) is 1. The molecule has 0 aliphatic rings. The molecule has 1 atom stereocenters. The second-order valence-corrected chi connectivity index (χ2v) is 2.28. The minimum atomic E-state index is -0.950. The Morgan fingerprint density at radius 1 is 1.67 bits per heavy atom. The van der Waals surface area contributed by atoms with Crippen molar-refractivity contribution in [2.24, 2.45) is 5.92 Å². The molecular formula is C8H12O4. The smallest absolute Gasteiger partial charge is 0.330 e. The summed E-state index contributed by atoms with van der Waals surface area (Å²) in [5.74, 6) is -2.15. The molecule has 0 heterocycles. The SMILES string of the molecule is C=CC(=O)OCC(CC)C(=O)O. The average molecular weight is 172 g/mol. The Hall–Kier alpha value is -1.32. The molecule has 68 valence electrons. The Morgan fingerprint density at radius 3 is 2.58 bits per heavy atom. The predicted octanol–water partition coefficient (Wildman–Crippen LogP) is 0.826. The first-order chi connectivity index (χ1) is 5.61. The summed E-state index contributed by atoms with van der Waals surface area (Å²) in [5, 5.41) is 8.54. The summed E-state index contributed by atoms with van der Waals surface area (Å²) >= 11 is 0. The average Bonchev–Trinajstić information content (AvgIpc) is 2.04. The first kappa shape index (κ1) is 10.7. The van der Waals surface area contributed by atoms with Gasteiger partial charge in [-0.3, -0.25) is 4.79 Å². The van der Waals surface area contributed by atoms with Gasteiger partial charge in [0.1, 0.15) is 6.61 Å². The zero-order valence-electron chi connectivity index (χ0n) is 6.95. The van der Waals surface area contributed by atoms with Crippen molar-refractivity contribution in [3.63, 3.8) is 0 Å². The van der Waals surface area contributed by atoms with E-state index in [1.807, 2.05) is 0 Å². The fourth-order valence-electron chi connectivity index (χ4n) is 0.605. The summed E-state index contributed by atoms with van der Waals surface area (Å²) in [5.41, 5.74) is 0. The molecule has 1 N–H and O–H groups in total. The van der Waals surface area contributed by atoms with Crippen molar-refractivity contribution in [3.05, 3.63) is 12.7 Å². The molecule has 12 heavy (non-hydrogen) atoms. The monoisotopic (exact) mass is 172 g/mol. The molecule has 0 amide bonds. The number of hydrogen-bond donors (Lipinski definition) is 1. The summed E-state index contributed by atoms with van der Waals surface area (Å²) in [4.78, 5) is 20.9. The predicted molar refractivity (Wildman–Crippen MR) is 42.6 cm³/mol. The van der Waals surface area contributed by atoms with Crippen LogP contribution in [0.5, 0.6) is 0 Å². The van der Waals surface area contributed by atoms with Gasteiger partial charge in [0.2, 0.25) is 0 Å². The number of aliphatic carboxylic acids is 1. The van der Waals surface area contributed by atoms with Gasteiger partial charge in [0.05, 0.1) is 5.92 Å². The van der Waals surface area contributed by atoms with E-state index in [1.54, 1.807) is 6.92 Å². The van der Waals surface area contributed by atoms with E-state index in [1.165, 1.54) is 0 Å². The lowest BCUT2D eigenvalue weighted by atomic mass is 10.1. The molecule has 0 aliphatic carbocycles. The molecule has 4 nitrogen and oxygen atoms in total. The lowest BCUT2D eigenvalue weighted by Gasteiger charge is -2.08. The molecule has 0 rings (SSSR count). The van der Waals surface area contributed by atoms with Crippen LogP contribution in [0, 0.1) is 5.92 Å². The lowest BCUT2D eigenvalue weighted by Crippen LogP contribution is -2.20. The lowest BCUT2D eigenvalue weighted by molar-refractivity contribution is -0.148. The van der Waals surface area contributed by atoms with E-state index in [0.717, 1.165) is 6.08 Å². The Balaban J connectivity index is 3.80. The van der Waals surface area contributed by atoms with Gasteiger partial charge in [-0.15, -0.1) is 0 Å². The van der Waals surface area contributed by atoms with Crippen LogP contribution in [-0.4, -0.2) is 23.7 Å². The van der Waals surface area contributed by atoms with Crippen LogP contribution in [0.15, 0.2) is 12.7 Å². The Labute approximate surface area is 70.8 Å². The number of rotatable bonds is 5. The Morgan fingerprint density at radius 2 is 2.25 bits per heavy atom. The van der Waals surface area contributed by atoms with E-state index in [9.17, 15) is 9.59 Å². The number of carboxylic acids is 1. The van der Waals surface area contributed by atoms with Crippen molar-refractivity contribution < 1.29 is 19.4 Å². The minimum absolute atomic E-state index is 0.0866. The van der Waals surface area contributed by atoms with Gasteiger partial charge in [-0.25, -0.2) is 4.79 Å². The molecule has 0 bridgehead atoms. The van der Waals surface area contributed by atoms with Gasteiger partial charge >= 0.3 is 11.9 Å². The molecule has 0 spiro atoms. The van der Waals surface area contributed by atoms with Gasteiger partial charge in [-0.05, 0) is 6.42 Å². The second-order valence-electron chi connectivity index (χ2n) is 2.28. The van der Waals surface area contributed by atoms with E-state index in [2.05, 4.69) is 11.3 Å². The number of esters is 1. The zero-order chi connectivity index (χ0) is 9.56. The van der Waals surface area contributed by atoms with Crippen LogP contribution in [-0.2, 0) is 14.3 Å². The Bertz CT molecular complexity index is 185. The highest BCUT2D eigenvalue weighted by Crippen LogP contribution is 2.03. The van der Waals surface area contributed by atoms with Crippen molar-refractivity contribution in [1.29, 1.82) is 0 Å². The third kappa shape index (κ3) is 3.75. The van der Waals surface area contributed by atoms with Gasteiger partial charge in [-0.1, -0.05) is 13.5 Å². The molecule has 0 aromatic carbocycles. The summed E-state index contributed by atoms with van der Waals surface area (Å²) < 4.78 is 4.57. The van der Waals surface area contributed by atoms with Crippen LogP contribution in [0.1, 0.15) is 13.3 Å². The molecule has 0 aliphatic heterocycles. The number of carbonyl (C=O) groups excluding carboxylic acids is 1. The molecule has 0 radical (unpaired) electrons. The molecule has 4 heteroatoms. The van der Waals surface area contributed by atoms with Crippen LogP contribution < -0.4 is 0 Å². The van der Waals surface area contributed by atoms with Gasteiger partial charge < -0.3 is 9.84 Å². The van der Waals surface area contributed by atoms with E-state index < -0.39 is 17.9 Å². The van der Waals surface area contributed by atoms with Crippen molar-refractivity contribution in [3.8, 4) is 0 Å². The third-order valence-corrected chi connectivity index (χ3v) is 1.44. The summed E-state index contributed by atoms with van der Waals surface area (Å²) in [6, 6.07) is 0. The van der Waals surface area contributed by atoms with Crippen LogP contribution in [0.2, 0.25) is 0 Å². The third-order valence-electron chi connectivity index (χ3n) is 1.44. The molecular weight excluding hydrogens is 160 g/mol. The maximum Gasteiger partial charge on any atom is 0.330 e. The van der Waals surface area contributed by atoms with Crippen molar-refractivity contribution in [2.75, 3.05) is 6.61 Å². The normalized spacial score (nSPS) is 11.8. The maximum absolute atomic E-state index is 10.5. The standard InChI is InChI=1S/C8H12O4/c1-3-6(8(10)11)5-12-7(9)4-2/h4,6H,2-3,5H2,1H3,(H,10,11). The van der Waals surface area contributed by atoms with Gasteiger partial charge in [0.15, 0.2) is 0 Å².